The summed E-state index contributed by atoms with van der Waals surface area (Å²) in [5.74, 6) is -1.63. The summed E-state index contributed by atoms with van der Waals surface area (Å²) in [6, 6.07) is 17.3. The van der Waals surface area contributed by atoms with Crippen LogP contribution in [0, 0.1) is 0 Å². The van der Waals surface area contributed by atoms with Gasteiger partial charge >= 0.3 is 11.9 Å². The molecule has 27 heavy (non-hydrogen) atoms. The van der Waals surface area contributed by atoms with E-state index >= 15 is 0 Å². The molecule has 3 aromatic carbocycles. The average molecular weight is 362 g/mol. The Morgan fingerprint density at radius 3 is 2.15 bits per heavy atom. The molecule has 0 amide bonds. The summed E-state index contributed by atoms with van der Waals surface area (Å²) in [5.41, 5.74) is 0.557. The number of carbonyl (C=O) groups is 3. The Balaban J connectivity index is 2.09. The van der Waals surface area contributed by atoms with Crippen LogP contribution in [0.4, 0.5) is 0 Å². The van der Waals surface area contributed by atoms with Crippen molar-refractivity contribution in [1.29, 1.82) is 0 Å². The average Bonchev–Trinajstić information content (AvgIpc) is 2.72. The van der Waals surface area contributed by atoms with Gasteiger partial charge in [0.05, 0.1) is 18.2 Å². The highest BCUT2D eigenvalue weighted by atomic mass is 16.5. The van der Waals surface area contributed by atoms with Crippen molar-refractivity contribution >= 4 is 28.5 Å². The van der Waals surface area contributed by atoms with E-state index in [0.717, 1.165) is 10.8 Å². The number of Topliss-reactive ketones (excluding diaryl/α,β-unsaturated/α-hetero) is 1. The molecule has 0 aliphatic heterocycles. The third-order valence-electron chi connectivity index (χ3n) is 4.25. The van der Waals surface area contributed by atoms with E-state index in [0.29, 0.717) is 5.56 Å². The van der Waals surface area contributed by atoms with E-state index in [1.54, 1.807) is 25.1 Å². The van der Waals surface area contributed by atoms with Crippen LogP contribution in [-0.4, -0.2) is 24.8 Å². The molecule has 0 spiro atoms. The predicted molar refractivity (Wildman–Crippen MR) is 101 cm³/mol. The Labute approximate surface area is 156 Å². The zero-order chi connectivity index (χ0) is 19.4. The lowest BCUT2D eigenvalue weighted by molar-refractivity contribution is 0.0593. The number of rotatable bonds is 5. The summed E-state index contributed by atoms with van der Waals surface area (Å²) < 4.78 is 10.3. The summed E-state index contributed by atoms with van der Waals surface area (Å²) >= 11 is 0. The van der Waals surface area contributed by atoms with Crippen molar-refractivity contribution in [3.05, 3.63) is 77.4 Å². The van der Waals surface area contributed by atoms with Crippen molar-refractivity contribution in [2.75, 3.05) is 7.11 Å². The first kappa shape index (κ1) is 18.3. The number of ketones is 1. The normalized spacial score (nSPS) is 10.4. The van der Waals surface area contributed by atoms with E-state index in [-0.39, 0.29) is 29.1 Å². The molecule has 3 rings (SSSR count). The Bertz CT molecular complexity index is 996. The van der Waals surface area contributed by atoms with Crippen molar-refractivity contribution in [3.63, 3.8) is 0 Å². The number of esters is 2. The van der Waals surface area contributed by atoms with Crippen LogP contribution in [0.5, 0.6) is 5.75 Å². The number of ether oxygens (including phenoxy) is 2. The summed E-state index contributed by atoms with van der Waals surface area (Å²) in [6.07, 6.45) is 0.212. The largest absolute Gasteiger partial charge is 0.465 e. The lowest BCUT2D eigenvalue weighted by Gasteiger charge is -2.13. The van der Waals surface area contributed by atoms with Crippen LogP contribution in [0.15, 0.2) is 60.7 Å². The van der Waals surface area contributed by atoms with Gasteiger partial charge in [0.2, 0.25) is 0 Å². The van der Waals surface area contributed by atoms with Gasteiger partial charge in [0.15, 0.2) is 11.5 Å². The van der Waals surface area contributed by atoms with Gasteiger partial charge in [-0.25, -0.2) is 9.59 Å². The van der Waals surface area contributed by atoms with Crippen molar-refractivity contribution in [1.82, 2.24) is 0 Å². The standard InChI is InChI=1S/C22H18O5/c1-3-19(23)17-12-7-13-18(21(24)26-2)20(17)27-22(25)16-11-6-9-14-8-4-5-10-15(14)16/h4-13H,3H2,1-2H3. The molecule has 3 aromatic rings. The minimum Gasteiger partial charge on any atom is -0.465 e. The molecule has 0 aliphatic rings. The Hall–Kier alpha value is -3.47. The van der Waals surface area contributed by atoms with E-state index in [2.05, 4.69) is 0 Å². The number of hydrogen-bond acceptors (Lipinski definition) is 5. The third-order valence-corrected chi connectivity index (χ3v) is 4.25. The number of hydrogen-bond donors (Lipinski definition) is 0. The summed E-state index contributed by atoms with van der Waals surface area (Å²) in [4.78, 5) is 37.3. The Morgan fingerprint density at radius 2 is 1.41 bits per heavy atom. The zero-order valence-electron chi connectivity index (χ0n) is 15.0. The molecule has 0 radical (unpaired) electrons. The van der Waals surface area contributed by atoms with E-state index in [9.17, 15) is 14.4 Å². The van der Waals surface area contributed by atoms with Crippen molar-refractivity contribution < 1.29 is 23.9 Å². The lowest BCUT2D eigenvalue weighted by Crippen LogP contribution is -2.16. The first-order valence-corrected chi connectivity index (χ1v) is 8.51. The van der Waals surface area contributed by atoms with Crippen LogP contribution in [-0.2, 0) is 4.74 Å². The van der Waals surface area contributed by atoms with E-state index in [4.69, 9.17) is 9.47 Å². The second-order valence-corrected chi connectivity index (χ2v) is 5.87. The van der Waals surface area contributed by atoms with Gasteiger partial charge in [0, 0.05) is 6.42 Å². The molecule has 0 fully saturated rings. The van der Waals surface area contributed by atoms with E-state index in [1.807, 2.05) is 30.3 Å². The maximum absolute atomic E-state index is 12.9. The number of benzene rings is 3. The highest BCUT2D eigenvalue weighted by molar-refractivity contribution is 6.08. The van der Waals surface area contributed by atoms with Crippen LogP contribution in [0.25, 0.3) is 10.8 Å². The van der Waals surface area contributed by atoms with Crippen molar-refractivity contribution in [2.45, 2.75) is 13.3 Å². The molecule has 5 nitrogen and oxygen atoms in total. The van der Waals surface area contributed by atoms with Crippen LogP contribution in [0.2, 0.25) is 0 Å². The molecular formula is C22H18O5. The molecule has 0 N–H and O–H groups in total. The molecule has 0 saturated carbocycles. The Morgan fingerprint density at radius 1 is 0.778 bits per heavy atom. The van der Waals surface area contributed by atoms with E-state index in [1.165, 1.54) is 19.2 Å². The molecule has 0 heterocycles. The van der Waals surface area contributed by atoms with Gasteiger partial charge in [-0.05, 0) is 29.0 Å². The highest BCUT2D eigenvalue weighted by Gasteiger charge is 2.23. The van der Waals surface area contributed by atoms with E-state index < -0.39 is 11.9 Å². The first-order valence-electron chi connectivity index (χ1n) is 8.51. The van der Waals surface area contributed by atoms with Gasteiger partial charge in [-0.1, -0.05) is 49.4 Å². The fourth-order valence-corrected chi connectivity index (χ4v) is 2.88. The quantitative estimate of drug-likeness (QED) is 0.381. The zero-order valence-corrected chi connectivity index (χ0v) is 15.0. The molecule has 5 heteroatoms. The molecule has 136 valence electrons. The molecule has 0 aromatic heterocycles. The molecule has 0 aliphatic carbocycles. The molecule has 0 unspecified atom stereocenters. The fraction of sp³-hybridized carbons (Fsp3) is 0.136. The fourth-order valence-electron chi connectivity index (χ4n) is 2.88. The third kappa shape index (κ3) is 3.58. The monoisotopic (exact) mass is 362 g/mol. The minimum atomic E-state index is -0.679. The minimum absolute atomic E-state index is 0.0328. The van der Waals surface area contributed by atoms with Gasteiger partial charge in [-0.3, -0.25) is 4.79 Å². The molecule has 0 saturated heterocycles. The predicted octanol–water partition coefficient (Wildman–Crippen LogP) is 4.44. The second-order valence-electron chi connectivity index (χ2n) is 5.87. The number of fused-ring (bicyclic) bond motifs is 1. The van der Waals surface area contributed by atoms with Crippen LogP contribution in [0.1, 0.15) is 44.4 Å². The van der Waals surface area contributed by atoms with Gasteiger partial charge in [-0.15, -0.1) is 0 Å². The molecule has 0 atom stereocenters. The number of carbonyl (C=O) groups excluding carboxylic acids is 3. The molecule has 0 bridgehead atoms. The first-order chi connectivity index (χ1) is 13.1. The van der Waals surface area contributed by atoms with Gasteiger partial charge in [0.1, 0.15) is 5.56 Å². The number of para-hydroxylation sites is 1. The van der Waals surface area contributed by atoms with Crippen LogP contribution >= 0.6 is 0 Å². The highest BCUT2D eigenvalue weighted by Crippen LogP contribution is 2.28. The van der Waals surface area contributed by atoms with Gasteiger partial charge in [0.25, 0.3) is 0 Å². The lowest BCUT2D eigenvalue weighted by atomic mass is 10.0. The van der Waals surface area contributed by atoms with Crippen LogP contribution < -0.4 is 4.74 Å². The number of methoxy groups -OCH3 is 1. The van der Waals surface area contributed by atoms with Crippen LogP contribution in [0.3, 0.4) is 0 Å². The Kier molecular flexibility index (Phi) is 5.31. The van der Waals surface area contributed by atoms with Gasteiger partial charge < -0.3 is 9.47 Å². The van der Waals surface area contributed by atoms with Crippen molar-refractivity contribution in [3.8, 4) is 5.75 Å². The smallest absolute Gasteiger partial charge is 0.344 e. The molecular weight excluding hydrogens is 344 g/mol. The SMILES string of the molecule is CCC(=O)c1cccc(C(=O)OC)c1OC(=O)c1cccc2ccccc12. The maximum atomic E-state index is 12.9. The maximum Gasteiger partial charge on any atom is 0.344 e. The summed E-state index contributed by atoms with van der Waals surface area (Å²) in [5, 5.41) is 1.61. The topological polar surface area (TPSA) is 69.7 Å². The summed E-state index contributed by atoms with van der Waals surface area (Å²) in [6.45, 7) is 1.70. The van der Waals surface area contributed by atoms with Gasteiger partial charge in [-0.2, -0.15) is 0 Å². The summed E-state index contributed by atoms with van der Waals surface area (Å²) in [7, 11) is 1.23. The second kappa shape index (κ2) is 7.83. The van der Waals surface area contributed by atoms with Crippen molar-refractivity contribution in [2.24, 2.45) is 0 Å².